The fourth-order valence-electron chi connectivity index (χ4n) is 14.0. The van der Waals surface area contributed by atoms with Gasteiger partial charge in [-0.05, 0) is 271 Å². The Hall–Kier alpha value is -8.40. The SMILES string of the molecule is CCCCc1ccc2c(c1)c1cc(CCCC)ccc1n2-c1cccc(-c2cc(-c3cccc(-n4c5ccc(CCCC)cc5c5cc(CCCC)ccc54)c3)cc(-c3cccc(-n4c5ccc(CCCC)cc5c5cc(CCCC)ccc54)c3)c2)c1. The minimum Gasteiger partial charge on any atom is -0.309 e. The molecule has 0 saturated carbocycles. The Morgan fingerprint density at radius 2 is 0.414 bits per heavy atom. The summed E-state index contributed by atoms with van der Waals surface area (Å²) >= 11 is 0. The molecule has 3 nitrogen and oxygen atoms in total. The lowest BCUT2D eigenvalue weighted by Gasteiger charge is -2.16. The second kappa shape index (κ2) is 25.9. The highest BCUT2D eigenvalue weighted by molar-refractivity contribution is 6.12. The van der Waals surface area contributed by atoms with Crippen LogP contribution in [-0.4, -0.2) is 13.7 Å². The van der Waals surface area contributed by atoms with Gasteiger partial charge in [-0.25, -0.2) is 0 Å². The summed E-state index contributed by atoms with van der Waals surface area (Å²) in [5.41, 5.74) is 26.8. The van der Waals surface area contributed by atoms with Crippen LogP contribution in [0.2, 0.25) is 0 Å². The molecule has 10 aromatic carbocycles. The highest BCUT2D eigenvalue weighted by Gasteiger charge is 2.20. The van der Waals surface area contributed by atoms with Gasteiger partial charge in [0, 0.05) is 49.4 Å². The van der Waals surface area contributed by atoms with Crippen LogP contribution in [0.3, 0.4) is 0 Å². The molecule has 0 radical (unpaired) electrons. The van der Waals surface area contributed by atoms with Gasteiger partial charge in [0.05, 0.1) is 33.1 Å². The Balaban J connectivity index is 0.985. The molecule has 0 saturated heterocycles. The van der Waals surface area contributed by atoms with Crippen LogP contribution >= 0.6 is 0 Å². The summed E-state index contributed by atoms with van der Waals surface area (Å²) in [5, 5.41) is 8.09. The molecule has 0 N–H and O–H groups in total. The van der Waals surface area contributed by atoms with Crippen LogP contribution in [0.4, 0.5) is 0 Å². The van der Waals surface area contributed by atoms with Gasteiger partial charge in [0.1, 0.15) is 0 Å². The van der Waals surface area contributed by atoms with Crippen molar-refractivity contribution in [2.75, 3.05) is 0 Å². The fourth-order valence-corrected chi connectivity index (χ4v) is 14.0. The van der Waals surface area contributed by atoms with E-state index in [4.69, 9.17) is 0 Å². The second-order valence-electron chi connectivity index (χ2n) is 25.2. The number of fused-ring (bicyclic) bond motifs is 9. The van der Waals surface area contributed by atoms with Crippen LogP contribution in [0.15, 0.2) is 200 Å². The molecule has 438 valence electrons. The number of hydrogen-bond acceptors (Lipinski definition) is 0. The smallest absolute Gasteiger partial charge is 0.0541 e. The normalized spacial score (nSPS) is 11.9. The van der Waals surface area contributed by atoms with Gasteiger partial charge < -0.3 is 13.7 Å². The maximum atomic E-state index is 2.52. The lowest BCUT2D eigenvalue weighted by molar-refractivity contribution is 0.795. The number of rotatable bonds is 24. The Morgan fingerprint density at radius 1 is 0.207 bits per heavy atom. The molecular weight excluding hydrogens is 1050 g/mol. The first-order valence-corrected chi connectivity index (χ1v) is 33.5. The first kappa shape index (κ1) is 57.7. The van der Waals surface area contributed by atoms with Gasteiger partial charge >= 0.3 is 0 Å². The van der Waals surface area contributed by atoms with Crippen molar-refractivity contribution in [3.05, 3.63) is 234 Å². The lowest BCUT2D eigenvalue weighted by Crippen LogP contribution is -1.96. The van der Waals surface area contributed by atoms with E-state index in [1.807, 2.05) is 0 Å². The van der Waals surface area contributed by atoms with E-state index in [1.54, 1.807) is 0 Å². The molecule has 0 fully saturated rings. The molecule has 0 unspecified atom stereocenters. The van der Waals surface area contributed by atoms with Crippen LogP contribution < -0.4 is 0 Å². The van der Waals surface area contributed by atoms with Crippen LogP contribution in [0.1, 0.15) is 152 Å². The molecular formula is C84H87N3. The van der Waals surface area contributed by atoms with Crippen LogP contribution in [0, 0.1) is 0 Å². The van der Waals surface area contributed by atoms with E-state index in [1.165, 1.54) is 226 Å². The standard InChI is InChI=1S/C84H87N3/c1-7-13-22-58-34-40-79-73(46-58)74-47-59(23-14-8-2)35-41-80(74)85(79)70-31-19-28-64(55-70)67-52-68(65-29-20-32-71(56-65)86-81-42-36-60(24-15-9-3)48-75(81)76-49-61(25-16-10-4)37-43-82(76)86)54-69(53-67)66-30-21-33-72(57-66)87-83-44-38-62(26-17-11-5)50-77(83)78-51-63(27-18-12-6)39-45-84(78)87/h19-21,28-57H,7-18,22-27H2,1-6H3. The Bertz CT molecular complexity index is 3940. The second-order valence-corrected chi connectivity index (χ2v) is 25.2. The van der Waals surface area contributed by atoms with Crippen LogP contribution in [0.5, 0.6) is 0 Å². The molecule has 87 heavy (non-hydrogen) atoms. The van der Waals surface area contributed by atoms with Gasteiger partial charge in [-0.15, -0.1) is 0 Å². The monoisotopic (exact) mass is 1140 g/mol. The third kappa shape index (κ3) is 11.6. The first-order valence-electron chi connectivity index (χ1n) is 33.5. The van der Waals surface area contributed by atoms with Crippen molar-refractivity contribution in [2.45, 2.75) is 157 Å². The van der Waals surface area contributed by atoms with Gasteiger partial charge in [0.2, 0.25) is 0 Å². The van der Waals surface area contributed by atoms with E-state index in [-0.39, 0.29) is 0 Å². The fraction of sp³-hybridized carbons (Fsp3) is 0.286. The van der Waals surface area contributed by atoms with E-state index in [0.29, 0.717) is 0 Å². The molecule has 13 aromatic rings. The average molecular weight is 1140 g/mol. The molecule has 0 bridgehead atoms. The predicted molar refractivity (Wildman–Crippen MR) is 377 cm³/mol. The van der Waals surface area contributed by atoms with Crippen LogP contribution in [0.25, 0.3) is 116 Å². The maximum Gasteiger partial charge on any atom is 0.0541 e. The summed E-state index contributed by atoms with van der Waals surface area (Å²) in [4.78, 5) is 0. The van der Waals surface area contributed by atoms with Gasteiger partial charge in [-0.2, -0.15) is 0 Å². The lowest BCUT2D eigenvalue weighted by atomic mass is 9.92. The molecule has 13 rings (SSSR count). The number of aromatic nitrogens is 3. The van der Waals surface area contributed by atoms with Gasteiger partial charge in [-0.1, -0.05) is 153 Å². The molecule has 0 aliphatic carbocycles. The summed E-state index contributed by atoms with van der Waals surface area (Å²) in [7, 11) is 0. The van der Waals surface area contributed by atoms with Gasteiger partial charge in [0.25, 0.3) is 0 Å². The average Bonchev–Trinajstić information content (AvgIpc) is 1.75. The largest absolute Gasteiger partial charge is 0.309 e. The predicted octanol–water partition coefficient (Wildman–Crippen LogP) is 24.0. The Kier molecular flexibility index (Phi) is 17.2. The highest BCUT2D eigenvalue weighted by atomic mass is 15.0. The minimum absolute atomic E-state index is 1.10. The van der Waals surface area contributed by atoms with Crippen molar-refractivity contribution in [2.24, 2.45) is 0 Å². The number of benzene rings is 10. The van der Waals surface area contributed by atoms with E-state index in [9.17, 15) is 0 Å². The zero-order valence-electron chi connectivity index (χ0n) is 52.6. The third-order valence-corrected chi connectivity index (χ3v) is 18.8. The molecule has 0 aliphatic heterocycles. The Morgan fingerprint density at radius 3 is 0.609 bits per heavy atom. The van der Waals surface area contributed by atoms with Gasteiger partial charge in [0.15, 0.2) is 0 Å². The highest BCUT2D eigenvalue weighted by Crippen LogP contribution is 2.41. The molecule has 0 spiro atoms. The number of nitrogens with zero attached hydrogens (tertiary/aromatic N) is 3. The number of hydrogen-bond donors (Lipinski definition) is 0. The van der Waals surface area contributed by atoms with Crippen molar-refractivity contribution >= 4 is 65.4 Å². The molecule has 0 atom stereocenters. The maximum absolute atomic E-state index is 2.52. The van der Waals surface area contributed by atoms with E-state index < -0.39 is 0 Å². The first-order chi connectivity index (χ1) is 42.8. The Labute approximate surface area is 517 Å². The van der Waals surface area contributed by atoms with Crippen molar-refractivity contribution in [1.82, 2.24) is 13.7 Å². The van der Waals surface area contributed by atoms with Gasteiger partial charge in [-0.3, -0.25) is 0 Å². The molecule has 0 amide bonds. The summed E-state index contributed by atoms with van der Waals surface area (Å²) in [6.07, 6.45) is 21.0. The zero-order chi connectivity index (χ0) is 59.4. The summed E-state index contributed by atoms with van der Waals surface area (Å²) in [5.74, 6) is 0. The van der Waals surface area contributed by atoms with E-state index in [2.05, 4.69) is 255 Å². The third-order valence-electron chi connectivity index (χ3n) is 18.8. The molecule has 3 aromatic heterocycles. The summed E-state index contributed by atoms with van der Waals surface area (Å²) < 4.78 is 7.57. The van der Waals surface area contributed by atoms with Crippen molar-refractivity contribution in [3.8, 4) is 50.4 Å². The molecule has 0 aliphatic rings. The van der Waals surface area contributed by atoms with Crippen molar-refractivity contribution in [1.29, 1.82) is 0 Å². The quantitative estimate of drug-likeness (QED) is 0.0573. The molecule has 3 heteroatoms. The topological polar surface area (TPSA) is 14.8 Å². The van der Waals surface area contributed by atoms with Crippen molar-refractivity contribution in [3.63, 3.8) is 0 Å². The number of unbranched alkanes of at least 4 members (excludes halogenated alkanes) is 6. The van der Waals surface area contributed by atoms with E-state index >= 15 is 0 Å². The number of aryl methyl sites for hydroxylation is 6. The van der Waals surface area contributed by atoms with Crippen LogP contribution in [-0.2, 0) is 38.5 Å². The summed E-state index contributed by atoms with van der Waals surface area (Å²) in [6.45, 7) is 13.8. The van der Waals surface area contributed by atoms with Crippen molar-refractivity contribution < 1.29 is 0 Å². The summed E-state index contributed by atoms with van der Waals surface area (Å²) in [6, 6.07) is 78.8. The van der Waals surface area contributed by atoms with E-state index in [0.717, 1.165) is 38.5 Å². The molecule has 3 heterocycles. The zero-order valence-corrected chi connectivity index (χ0v) is 52.6. The minimum atomic E-state index is 1.10.